The Morgan fingerprint density at radius 2 is 1.52 bits per heavy atom. The van der Waals surface area contributed by atoms with E-state index in [2.05, 4.69) is 55.5 Å². The van der Waals surface area contributed by atoms with Gasteiger partial charge >= 0.3 is 0 Å². The van der Waals surface area contributed by atoms with Crippen LogP contribution in [-0.4, -0.2) is 4.21 Å². The summed E-state index contributed by atoms with van der Waals surface area (Å²) in [5.74, 6) is 1.22. The summed E-state index contributed by atoms with van der Waals surface area (Å²) in [6, 6.07) is 22.8. The first kappa shape index (κ1) is 14.0. The largest absolute Gasteiger partial charge is 0.259 e. The molecule has 0 aliphatic carbocycles. The zero-order valence-electron chi connectivity index (χ0n) is 12.1. The molecule has 3 aromatic rings. The van der Waals surface area contributed by atoms with E-state index in [1.807, 2.05) is 18.2 Å². The molecule has 21 heavy (non-hydrogen) atoms. The van der Waals surface area contributed by atoms with Gasteiger partial charge in [0.05, 0.1) is 0 Å². The van der Waals surface area contributed by atoms with Gasteiger partial charge in [0.15, 0.2) is 0 Å². The smallest absolute Gasteiger partial charge is 0.0495 e. The third-order valence-corrected chi connectivity index (χ3v) is 4.93. The molecule has 0 aliphatic rings. The number of hydrogen-bond donors (Lipinski definition) is 0. The molecule has 106 valence electrons. The first-order chi connectivity index (χ1) is 10.2. The molecule has 0 heterocycles. The minimum atomic E-state index is -0.885. The number of hydrogen-bond acceptors (Lipinski definition) is 1. The summed E-state index contributed by atoms with van der Waals surface area (Å²) >= 11 is 0. The van der Waals surface area contributed by atoms with Crippen molar-refractivity contribution in [2.24, 2.45) is 0 Å². The van der Waals surface area contributed by atoms with E-state index in [0.717, 1.165) is 5.56 Å². The van der Waals surface area contributed by atoms with Crippen molar-refractivity contribution < 1.29 is 4.21 Å². The molecular formula is C19H18OS. The highest BCUT2D eigenvalue weighted by Crippen LogP contribution is 2.20. The summed E-state index contributed by atoms with van der Waals surface area (Å²) in [7, 11) is -0.885. The molecular weight excluding hydrogens is 276 g/mol. The number of benzene rings is 3. The average molecular weight is 294 g/mol. The summed E-state index contributed by atoms with van der Waals surface area (Å²) in [6.07, 6.45) is 0. The van der Waals surface area contributed by atoms with E-state index < -0.39 is 10.8 Å². The van der Waals surface area contributed by atoms with E-state index >= 15 is 0 Å². The standard InChI is InChI=1S/C19H18OS/c1-15-9-11-16(12-10-15)13-21(20)14-18-7-4-6-17-5-2-3-8-19(17)18/h2-12H,13-14H2,1H3/t21-/m0/s1. The van der Waals surface area contributed by atoms with Crippen LogP contribution in [-0.2, 0) is 22.3 Å². The number of rotatable bonds is 4. The Morgan fingerprint density at radius 1 is 0.810 bits per heavy atom. The van der Waals surface area contributed by atoms with Crippen LogP contribution in [0, 0.1) is 6.92 Å². The van der Waals surface area contributed by atoms with Crippen molar-refractivity contribution >= 4 is 21.6 Å². The molecule has 3 rings (SSSR count). The molecule has 0 saturated heterocycles. The van der Waals surface area contributed by atoms with Crippen molar-refractivity contribution in [3.63, 3.8) is 0 Å². The Hall–Kier alpha value is -1.93. The van der Waals surface area contributed by atoms with Crippen molar-refractivity contribution in [2.45, 2.75) is 18.4 Å². The summed E-state index contributed by atoms with van der Waals surface area (Å²) in [5.41, 5.74) is 3.54. The highest BCUT2D eigenvalue weighted by molar-refractivity contribution is 7.83. The Kier molecular flexibility index (Phi) is 4.16. The van der Waals surface area contributed by atoms with Crippen LogP contribution < -0.4 is 0 Å². The second-order valence-corrected chi connectivity index (χ2v) is 6.81. The van der Waals surface area contributed by atoms with Crippen LogP contribution in [0.5, 0.6) is 0 Å². The maximum absolute atomic E-state index is 12.4. The molecule has 3 aromatic carbocycles. The lowest BCUT2D eigenvalue weighted by Gasteiger charge is -2.07. The van der Waals surface area contributed by atoms with E-state index in [-0.39, 0.29) is 0 Å². The van der Waals surface area contributed by atoms with E-state index in [1.54, 1.807) is 0 Å². The van der Waals surface area contributed by atoms with Crippen LogP contribution >= 0.6 is 0 Å². The Bertz CT molecular complexity index is 770. The van der Waals surface area contributed by atoms with Crippen molar-refractivity contribution in [3.05, 3.63) is 83.4 Å². The molecule has 2 heteroatoms. The summed E-state index contributed by atoms with van der Waals surface area (Å²) in [4.78, 5) is 0. The summed E-state index contributed by atoms with van der Waals surface area (Å²) in [5, 5.41) is 2.42. The molecule has 0 saturated carbocycles. The maximum atomic E-state index is 12.4. The van der Waals surface area contributed by atoms with E-state index in [4.69, 9.17) is 0 Å². The van der Waals surface area contributed by atoms with Gasteiger partial charge in [-0.3, -0.25) is 4.21 Å². The van der Waals surface area contributed by atoms with Gasteiger partial charge in [-0.15, -0.1) is 0 Å². The Labute approximate surface area is 128 Å². The average Bonchev–Trinajstić information content (AvgIpc) is 2.50. The molecule has 0 aromatic heterocycles. The van der Waals surface area contributed by atoms with E-state index in [9.17, 15) is 4.21 Å². The molecule has 0 spiro atoms. The van der Waals surface area contributed by atoms with Gasteiger partial charge in [0.2, 0.25) is 0 Å². The van der Waals surface area contributed by atoms with Crippen molar-refractivity contribution in [1.29, 1.82) is 0 Å². The molecule has 0 N–H and O–H groups in total. The molecule has 1 nitrogen and oxygen atoms in total. The molecule has 0 amide bonds. The Morgan fingerprint density at radius 3 is 2.33 bits per heavy atom. The second-order valence-electron chi connectivity index (χ2n) is 5.35. The van der Waals surface area contributed by atoms with Crippen molar-refractivity contribution in [2.75, 3.05) is 0 Å². The summed E-state index contributed by atoms with van der Waals surface area (Å²) in [6.45, 7) is 2.07. The lowest BCUT2D eigenvalue weighted by molar-refractivity contribution is 0.682. The van der Waals surface area contributed by atoms with Crippen LogP contribution in [0.1, 0.15) is 16.7 Å². The summed E-state index contributed by atoms with van der Waals surface area (Å²) < 4.78 is 12.4. The highest BCUT2D eigenvalue weighted by Gasteiger charge is 2.06. The highest BCUT2D eigenvalue weighted by atomic mass is 32.2. The molecule has 1 atom stereocenters. The van der Waals surface area contributed by atoms with Gasteiger partial charge in [0, 0.05) is 22.3 Å². The van der Waals surface area contributed by atoms with Crippen LogP contribution in [0.2, 0.25) is 0 Å². The van der Waals surface area contributed by atoms with Gasteiger partial charge in [0.25, 0.3) is 0 Å². The maximum Gasteiger partial charge on any atom is 0.0495 e. The third-order valence-electron chi connectivity index (χ3n) is 3.64. The van der Waals surface area contributed by atoms with Crippen molar-refractivity contribution in [3.8, 4) is 0 Å². The van der Waals surface area contributed by atoms with E-state index in [0.29, 0.717) is 11.5 Å². The lowest BCUT2D eigenvalue weighted by Crippen LogP contribution is -2.00. The second kappa shape index (κ2) is 6.23. The zero-order valence-corrected chi connectivity index (χ0v) is 12.9. The predicted molar refractivity (Wildman–Crippen MR) is 90.7 cm³/mol. The fourth-order valence-electron chi connectivity index (χ4n) is 2.51. The van der Waals surface area contributed by atoms with Gasteiger partial charge in [-0.1, -0.05) is 72.3 Å². The minimum absolute atomic E-state index is 0.606. The van der Waals surface area contributed by atoms with E-state index in [1.165, 1.54) is 21.9 Å². The van der Waals surface area contributed by atoms with Gasteiger partial charge in [-0.25, -0.2) is 0 Å². The van der Waals surface area contributed by atoms with Gasteiger partial charge in [-0.2, -0.15) is 0 Å². The number of aryl methyl sites for hydroxylation is 1. The van der Waals surface area contributed by atoms with Gasteiger partial charge in [-0.05, 0) is 28.8 Å². The quantitative estimate of drug-likeness (QED) is 0.687. The van der Waals surface area contributed by atoms with Crippen LogP contribution in [0.3, 0.4) is 0 Å². The third kappa shape index (κ3) is 3.40. The van der Waals surface area contributed by atoms with Gasteiger partial charge in [0.1, 0.15) is 0 Å². The minimum Gasteiger partial charge on any atom is -0.259 e. The molecule has 0 radical (unpaired) electrons. The normalized spacial score (nSPS) is 12.4. The monoisotopic (exact) mass is 294 g/mol. The predicted octanol–water partition coefficient (Wildman–Crippen LogP) is 4.60. The Balaban J connectivity index is 1.79. The number of fused-ring (bicyclic) bond motifs is 1. The molecule has 0 unspecified atom stereocenters. The first-order valence-electron chi connectivity index (χ1n) is 7.09. The SMILES string of the molecule is Cc1ccc(C[S@](=O)Cc2cccc3ccccc23)cc1. The topological polar surface area (TPSA) is 17.1 Å². The van der Waals surface area contributed by atoms with Gasteiger partial charge < -0.3 is 0 Å². The zero-order chi connectivity index (χ0) is 14.7. The first-order valence-corrected chi connectivity index (χ1v) is 8.58. The molecule has 0 fully saturated rings. The lowest BCUT2D eigenvalue weighted by atomic mass is 10.1. The fourth-order valence-corrected chi connectivity index (χ4v) is 3.78. The van der Waals surface area contributed by atoms with Crippen LogP contribution in [0.25, 0.3) is 10.8 Å². The molecule has 0 aliphatic heterocycles. The van der Waals surface area contributed by atoms with Crippen LogP contribution in [0.15, 0.2) is 66.7 Å². The fraction of sp³-hybridized carbons (Fsp3) is 0.158. The van der Waals surface area contributed by atoms with Crippen molar-refractivity contribution in [1.82, 2.24) is 0 Å². The molecule has 0 bridgehead atoms. The van der Waals surface area contributed by atoms with Crippen LogP contribution in [0.4, 0.5) is 0 Å².